The average molecular weight is 1870 g/mol. The van der Waals surface area contributed by atoms with E-state index in [1.165, 1.54) is 83.5 Å². The number of hydrogen-bond acceptors (Lipinski definition) is 24. The van der Waals surface area contributed by atoms with Crippen molar-refractivity contribution in [2.75, 3.05) is 0 Å². The fraction of sp³-hybridized carbons (Fsp3) is 0.908. The van der Waals surface area contributed by atoms with Crippen molar-refractivity contribution in [2.45, 2.75) is 514 Å². The van der Waals surface area contributed by atoms with Gasteiger partial charge in [-0.25, -0.2) is 4.79 Å². The Bertz CT molecular complexity index is 4050. The van der Waals surface area contributed by atoms with Crippen molar-refractivity contribution < 1.29 is 110 Å². The molecule has 0 spiro atoms. The van der Waals surface area contributed by atoms with Crippen LogP contribution < -0.4 is 0 Å². The maximum atomic E-state index is 12.9. The van der Waals surface area contributed by atoms with Gasteiger partial charge >= 0.3 is 53.7 Å². The van der Waals surface area contributed by atoms with E-state index in [4.69, 9.17) is 56.8 Å². The Labute approximate surface area is 798 Å². The van der Waals surface area contributed by atoms with E-state index in [-0.39, 0.29) is 91.8 Å². The Hall–Kier alpha value is -5.48. The van der Waals surface area contributed by atoms with E-state index in [1.54, 1.807) is 27.7 Å². The number of carbonyl (C=O) groups excluding carboxylic acids is 9. The quantitative estimate of drug-likeness (QED) is 0.0709. The fourth-order valence-electron chi connectivity index (χ4n) is 26.1. The number of fused-ring (bicyclic) bond motifs is 3. The van der Waals surface area contributed by atoms with Crippen LogP contribution in [0.3, 0.4) is 0 Å². The van der Waals surface area contributed by atoms with Gasteiger partial charge in [0.15, 0.2) is 24.3 Å². The van der Waals surface area contributed by atoms with Crippen LogP contribution in [0.25, 0.3) is 0 Å². The Morgan fingerprint density at radius 3 is 1.16 bits per heavy atom. The molecule has 756 valence electrons. The number of rotatable bonds is 23. The summed E-state index contributed by atoms with van der Waals surface area (Å²) in [6, 6.07) is 2.63. The van der Waals surface area contributed by atoms with Crippen molar-refractivity contribution in [3.8, 4) is 6.07 Å². The summed E-state index contributed by atoms with van der Waals surface area (Å²) in [7, 11) is 0. The molecule has 4 saturated heterocycles. The summed E-state index contributed by atoms with van der Waals surface area (Å²) in [6.07, 6.45) is 33.0. The smallest absolute Gasteiger partial charge is 0.350 e. The van der Waals surface area contributed by atoms with E-state index < -0.39 is 98.6 Å². The van der Waals surface area contributed by atoms with Crippen molar-refractivity contribution in [3.63, 3.8) is 0 Å². The van der Waals surface area contributed by atoms with Gasteiger partial charge in [0, 0.05) is 24.7 Å². The third-order valence-corrected chi connectivity index (χ3v) is 36.9. The molecule has 0 radical (unpaired) electrons. The summed E-state index contributed by atoms with van der Waals surface area (Å²) in [4.78, 5) is 108. The second-order valence-corrected chi connectivity index (χ2v) is 51.5. The summed E-state index contributed by atoms with van der Waals surface area (Å²) in [5.74, 6) is 4.03. The van der Waals surface area contributed by atoms with Gasteiger partial charge < -0.3 is 67.1 Å². The molecule has 0 amide bonds. The Morgan fingerprint density at radius 2 is 0.767 bits per heavy atom. The standard InChI is InChI=1S/C23H37NO2.C17H28O2.2C16H26O3.C15H22O7.C12H22O2.C10H16O4/c1-8-19(2,3)18(25)26-21(6,7)23-12-16-9-17(13-23)11-22(10-16,14-23)20(4,5)15-24;1-5-16(2,3)15(18)19-17(4)13-7-11-6-12(9-13)10-14(17)8-11;2*1-4-14(2,3)13(17)19-16-8-11-5-12(9-16)7-15(18,6-11)10-16;1-6-14(2,3)13(17)20-9-7-8(18-11(9)16)10-12(19-7)22-15(4,5)21-10;1-4-12(2,3)11(13)14-10-8-6-5-7-9-10;1-4-10(2,3)9(12)14-8-6-5-7(11)13-8/h16-17H,8-14H2,1-7H3;11-14H,5-10H2,1-4H3;2*11-12,18H,4-10H2,1-3H3;7-10,12H,6H2,1-5H3;10H,4-9H2,1-3H3;8H,4-6H2,1-3H3. The highest BCUT2D eigenvalue weighted by molar-refractivity contribution is 5.84. The molecule has 16 bridgehead atoms. The van der Waals surface area contributed by atoms with Crippen molar-refractivity contribution in [2.24, 2.45) is 113 Å². The molecule has 21 fully saturated rings. The second kappa shape index (κ2) is 39.5. The largest absolute Gasteiger partial charge is 0.462 e. The zero-order chi connectivity index (χ0) is 98.9. The zero-order valence-corrected chi connectivity index (χ0v) is 87.4. The third kappa shape index (κ3) is 23.7. The molecular formula is C109H177NO23. The number of nitriles is 1. The van der Waals surface area contributed by atoms with Crippen molar-refractivity contribution >= 4 is 53.7 Å². The molecule has 0 aromatic heterocycles. The molecule has 21 aliphatic rings. The highest BCUT2D eigenvalue weighted by Gasteiger charge is 2.70. The molecular weight excluding hydrogens is 1690 g/mol. The second-order valence-electron chi connectivity index (χ2n) is 51.5. The minimum Gasteiger partial charge on any atom is -0.462 e. The summed E-state index contributed by atoms with van der Waals surface area (Å²) in [5.41, 5.74) is -5.78. The van der Waals surface area contributed by atoms with Gasteiger partial charge in [0.2, 0.25) is 12.4 Å². The number of carbonyl (C=O) groups is 9. The van der Waals surface area contributed by atoms with Gasteiger partial charge in [-0.15, -0.1) is 0 Å². The van der Waals surface area contributed by atoms with Crippen LogP contribution in [0, 0.1) is 125 Å². The van der Waals surface area contributed by atoms with Gasteiger partial charge in [0.1, 0.15) is 34.6 Å². The molecule has 0 aromatic carbocycles. The number of ether oxygens (including phenoxy) is 12. The van der Waals surface area contributed by atoms with Crippen LogP contribution in [-0.2, 0) is 100.0 Å². The first-order valence-electron chi connectivity index (χ1n) is 52.2. The van der Waals surface area contributed by atoms with Gasteiger partial charge in [-0.3, -0.25) is 38.4 Å². The average Bonchev–Trinajstić information content (AvgIpc) is 1.08. The molecule has 2 N–H and O–H groups in total. The van der Waals surface area contributed by atoms with Crippen molar-refractivity contribution in [1.82, 2.24) is 0 Å². The lowest BCUT2D eigenvalue weighted by molar-refractivity contribution is -0.231. The first kappa shape index (κ1) is 108. The maximum Gasteiger partial charge on any atom is 0.350 e. The van der Waals surface area contributed by atoms with E-state index >= 15 is 0 Å². The molecule has 17 saturated carbocycles. The number of nitrogens with zero attached hydrogens (tertiary/aromatic N) is 1. The minimum absolute atomic E-state index is 0.0185. The molecule has 0 aromatic rings. The first-order chi connectivity index (χ1) is 61.3. The summed E-state index contributed by atoms with van der Waals surface area (Å²) in [6.45, 7) is 55.1. The van der Waals surface area contributed by atoms with E-state index in [9.17, 15) is 58.6 Å². The number of esters is 9. The molecule has 4 heterocycles. The van der Waals surface area contributed by atoms with Crippen LogP contribution in [0.4, 0.5) is 0 Å². The SMILES string of the molecule is CCC(C)(C)C(=O)OC(C)(C)C12CC3CC(CC(C(C)(C)C#N)(C3)C1)C2.CCC(C)(C)C(=O)OC1(C)C2CC3CC(C2)CC1C3.CCC(C)(C)C(=O)OC12CC3CC(CC(O)(C3)C1)C2.CCC(C)(C)C(=O)OC12CC3CC(CC(O)(C3)C1)C2.CCC(C)(C)C(=O)OC1C(=O)OC2C3OC(C)(C)OC3OC12.CCC(C)(C)C(=O)OC1CCC(=O)O1.CCC(C)(C)C(=O)OC1CCCCC1. The third-order valence-electron chi connectivity index (χ3n) is 36.9. The lowest BCUT2D eigenvalue weighted by Gasteiger charge is -2.68. The first-order valence-corrected chi connectivity index (χ1v) is 52.2. The van der Waals surface area contributed by atoms with Crippen molar-refractivity contribution in [1.29, 1.82) is 5.26 Å². The predicted octanol–water partition coefficient (Wildman–Crippen LogP) is 22.2. The lowest BCUT2D eigenvalue weighted by atomic mass is 9.37. The number of hydrogen-bond donors (Lipinski definition) is 2. The maximum absolute atomic E-state index is 12.9. The lowest BCUT2D eigenvalue weighted by Crippen LogP contribution is -2.63. The summed E-state index contributed by atoms with van der Waals surface area (Å²) >= 11 is 0. The highest BCUT2D eigenvalue weighted by atomic mass is 16.9. The minimum atomic E-state index is -1.07. The number of cyclic esters (lactones) is 1. The molecule has 12 atom stereocenters. The van der Waals surface area contributed by atoms with Crippen LogP contribution in [0.15, 0.2) is 0 Å². The zero-order valence-electron chi connectivity index (χ0n) is 87.4. The molecule has 24 heteroatoms. The summed E-state index contributed by atoms with van der Waals surface area (Å²) < 4.78 is 67.4. The molecule has 17 aliphatic carbocycles. The van der Waals surface area contributed by atoms with Crippen LogP contribution in [0.5, 0.6) is 0 Å². The topological polar surface area (TPSA) is 329 Å². The van der Waals surface area contributed by atoms with Crippen molar-refractivity contribution in [3.05, 3.63) is 0 Å². The van der Waals surface area contributed by atoms with Gasteiger partial charge in [-0.05, 0) is 415 Å². The molecule has 21 rings (SSSR count). The van der Waals surface area contributed by atoms with Crippen LogP contribution in [0.2, 0.25) is 0 Å². The Morgan fingerprint density at radius 1 is 0.398 bits per heavy atom. The molecule has 12 unspecified atom stereocenters. The highest BCUT2D eigenvalue weighted by Crippen LogP contribution is 2.73. The molecule has 24 nitrogen and oxygen atoms in total. The normalized spacial score (nSPS) is 37.1. The van der Waals surface area contributed by atoms with Crippen LogP contribution in [0.1, 0.15) is 431 Å². The van der Waals surface area contributed by atoms with Crippen LogP contribution in [-0.4, -0.2) is 146 Å². The van der Waals surface area contributed by atoms with Crippen LogP contribution >= 0.6 is 0 Å². The van der Waals surface area contributed by atoms with E-state index in [0.29, 0.717) is 85.9 Å². The van der Waals surface area contributed by atoms with E-state index in [1.807, 2.05) is 125 Å². The van der Waals surface area contributed by atoms with E-state index in [2.05, 4.69) is 47.6 Å². The number of aliphatic hydroxyl groups is 2. The predicted molar refractivity (Wildman–Crippen MR) is 503 cm³/mol. The van der Waals surface area contributed by atoms with E-state index in [0.717, 1.165) is 127 Å². The summed E-state index contributed by atoms with van der Waals surface area (Å²) in [5, 5.41) is 31.2. The molecule has 4 aliphatic heterocycles. The van der Waals surface area contributed by atoms with Gasteiger partial charge in [0.25, 0.3) is 0 Å². The van der Waals surface area contributed by atoms with Gasteiger partial charge in [-0.2, -0.15) is 5.26 Å². The molecule has 133 heavy (non-hydrogen) atoms. The monoisotopic (exact) mass is 1870 g/mol. The fourth-order valence-corrected chi connectivity index (χ4v) is 26.1. The Balaban J connectivity index is 0.000000151. The Kier molecular flexibility index (Phi) is 32.1. The van der Waals surface area contributed by atoms with Gasteiger partial charge in [-0.1, -0.05) is 54.9 Å². The van der Waals surface area contributed by atoms with Gasteiger partial charge in [0.05, 0.1) is 67.0 Å².